The molecule has 1 aliphatic rings. The van der Waals surface area contributed by atoms with E-state index in [1.54, 1.807) is 12.1 Å². The first kappa shape index (κ1) is 13.1. The summed E-state index contributed by atoms with van der Waals surface area (Å²) in [6.07, 6.45) is 7.70. The standard InChI is InChI=1S/C14H17BrN2O/c15-11-6-7-12(13(16)8-11)14(18)17-9-10-4-2-1-3-5-10/h1-2,6-8,10H,3-5,9,16H2,(H,17,18). The highest BCUT2D eigenvalue weighted by Crippen LogP contribution is 2.20. The number of anilines is 1. The normalized spacial score (nSPS) is 18.6. The van der Waals surface area contributed by atoms with Crippen molar-refractivity contribution in [2.45, 2.75) is 19.3 Å². The van der Waals surface area contributed by atoms with E-state index >= 15 is 0 Å². The summed E-state index contributed by atoms with van der Waals surface area (Å²) >= 11 is 3.33. The van der Waals surface area contributed by atoms with Crippen LogP contribution in [0.25, 0.3) is 0 Å². The van der Waals surface area contributed by atoms with Gasteiger partial charge in [0.25, 0.3) is 5.91 Å². The first-order valence-corrected chi connectivity index (χ1v) is 6.94. The van der Waals surface area contributed by atoms with E-state index in [9.17, 15) is 4.79 Å². The molecule has 1 aromatic rings. The second kappa shape index (κ2) is 6.05. The van der Waals surface area contributed by atoms with Gasteiger partial charge in [-0.2, -0.15) is 0 Å². The molecule has 4 heteroatoms. The van der Waals surface area contributed by atoms with Crippen molar-refractivity contribution in [1.29, 1.82) is 0 Å². The van der Waals surface area contributed by atoms with Gasteiger partial charge < -0.3 is 11.1 Å². The van der Waals surface area contributed by atoms with Crippen LogP contribution >= 0.6 is 15.9 Å². The van der Waals surface area contributed by atoms with Gasteiger partial charge >= 0.3 is 0 Å². The number of hydrogen-bond acceptors (Lipinski definition) is 2. The Morgan fingerprint density at radius 3 is 2.94 bits per heavy atom. The molecule has 1 amide bonds. The van der Waals surface area contributed by atoms with Crippen LogP contribution in [-0.2, 0) is 0 Å². The monoisotopic (exact) mass is 308 g/mol. The third-order valence-electron chi connectivity index (χ3n) is 3.19. The lowest BCUT2D eigenvalue weighted by atomic mass is 9.94. The SMILES string of the molecule is Nc1cc(Br)ccc1C(=O)NCC1CC=CCC1. The van der Waals surface area contributed by atoms with Crippen LogP contribution in [0.1, 0.15) is 29.6 Å². The highest BCUT2D eigenvalue weighted by Gasteiger charge is 2.13. The van der Waals surface area contributed by atoms with Crippen LogP contribution < -0.4 is 11.1 Å². The van der Waals surface area contributed by atoms with E-state index < -0.39 is 0 Å². The van der Waals surface area contributed by atoms with Crippen molar-refractivity contribution in [2.75, 3.05) is 12.3 Å². The first-order valence-electron chi connectivity index (χ1n) is 6.15. The molecule has 1 unspecified atom stereocenters. The van der Waals surface area contributed by atoms with Gasteiger partial charge in [-0.1, -0.05) is 28.1 Å². The average molecular weight is 309 g/mol. The lowest BCUT2D eigenvalue weighted by Crippen LogP contribution is -2.30. The Bertz CT molecular complexity index is 471. The minimum Gasteiger partial charge on any atom is -0.398 e. The van der Waals surface area contributed by atoms with E-state index in [2.05, 4.69) is 33.4 Å². The summed E-state index contributed by atoms with van der Waals surface area (Å²) in [5.41, 5.74) is 6.88. The molecule has 2 rings (SSSR count). The summed E-state index contributed by atoms with van der Waals surface area (Å²) in [6.45, 7) is 0.721. The Morgan fingerprint density at radius 2 is 2.28 bits per heavy atom. The topological polar surface area (TPSA) is 55.1 Å². The number of nitrogen functional groups attached to an aromatic ring is 1. The van der Waals surface area contributed by atoms with Gasteiger partial charge in [-0.3, -0.25) is 4.79 Å². The summed E-state index contributed by atoms with van der Waals surface area (Å²) in [5, 5.41) is 2.96. The third kappa shape index (κ3) is 3.35. The largest absolute Gasteiger partial charge is 0.398 e. The van der Waals surface area contributed by atoms with Crippen molar-refractivity contribution in [3.8, 4) is 0 Å². The summed E-state index contributed by atoms with van der Waals surface area (Å²) in [6, 6.07) is 5.32. The zero-order valence-electron chi connectivity index (χ0n) is 10.2. The van der Waals surface area contributed by atoms with Gasteiger partial charge in [-0.15, -0.1) is 0 Å². The Kier molecular flexibility index (Phi) is 4.42. The molecule has 0 saturated heterocycles. The van der Waals surface area contributed by atoms with Crippen LogP contribution in [-0.4, -0.2) is 12.5 Å². The molecule has 1 aromatic carbocycles. The number of nitrogens with one attached hydrogen (secondary N) is 1. The Balaban J connectivity index is 1.93. The van der Waals surface area contributed by atoms with Crippen LogP contribution in [0.2, 0.25) is 0 Å². The Hall–Kier alpha value is -1.29. The number of halogens is 1. The minimum atomic E-state index is -0.0884. The highest BCUT2D eigenvalue weighted by molar-refractivity contribution is 9.10. The molecule has 0 saturated carbocycles. The lowest BCUT2D eigenvalue weighted by molar-refractivity contribution is 0.0947. The van der Waals surface area contributed by atoms with Gasteiger partial charge in [0.1, 0.15) is 0 Å². The van der Waals surface area contributed by atoms with Crippen LogP contribution in [0.15, 0.2) is 34.8 Å². The first-order chi connectivity index (χ1) is 8.66. The third-order valence-corrected chi connectivity index (χ3v) is 3.68. The molecule has 1 aliphatic carbocycles. The number of carbonyl (C=O) groups excluding carboxylic acids is 1. The number of hydrogen-bond donors (Lipinski definition) is 2. The summed E-state index contributed by atoms with van der Waals surface area (Å²) < 4.78 is 0.883. The Morgan fingerprint density at radius 1 is 1.44 bits per heavy atom. The zero-order valence-corrected chi connectivity index (χ0v) is 11.7. The fourth-order valence-electron chi connectivity index (χ4n) is 2.11. The van der Waals surface area contributed by atoms with E-state index in [1.807, 2.05) is 6.07 Å². The Labute approximate surface area is 116 Å². The fourth-order valence-corrected chi connectivity index (χ4v) is 2.49. The van der Waals surface area contributed by atoms with Crippen molar-refractivity contribution in [3.63, 3.8) is 0 Å². The van der Waals surface area contributed by atoms with Crippen LogP contribution in [0, 0.1) is 5.92 Å². The van der Waals surface area contributed by atoms with E-state index in [-0.39, 0.29) is 5.91 Å². The summed E-state index contributed by atoms with van der Waals surface area (Å²) in [7, 11) is 0. The smallest absolute Gasteiger partial charge is 0.253 e. The molecule has 3 N–H and O–H groups in total. The van der Waals surface area contributed by atoms with Crippen molar-refractivity contribution < 1.29 is 4.79 Å². The molecule has 0 fully saturated rings. The number of allylic oxidation sites excluding steroid dienone is 2. The molecule has 0 heterocycles. The molecular formula is C14H17BrN2O. The fraction of sp³-hybridized carbons (Fsp3) is 0.357. The summed E-state index contributed by atoms with van der Waals surface area (Å²) in [5.74, 6) is 0.463. The average Bonchev–Trinajstić information content (AvgIpc) is 2.37. The van der Waals surface area contributed by atoms with Crippen LogP contribution in [0.4, 0.5) is 5.69 Å². The molecule has 0 radical (unpaired) electrons. The number of benzene rings is 1. The van der Waals surface area contributed by atoms with Gasteiger partial charge in [0.15, 0.2) is 0 Å². The van der Waals surface area contributed by atoms with Gasteiger partial charge in [0.05, 0.1) is 5.56 Å². The molecule has 0 bridgehead atoms. The number of amides is 1. The van der Waals surface area contributed by atoms with Gasteiger partial charge in [-0.25, -0.2) is 0 Å². The number of nitrogens with two attached hydrogens (primary N) is 1. The van der Waals surface area contributed by atoms with Crippen molar-refractivity contribution in [3.05, 3.63) is 40.4 Å². The van der Waals surface area contributed by atoms with Gasteiger partial charge in [0, 0.05) is 16.7 Å². The van der Waals surface area contributed by atoms with E-state index in [0.717, 1.165) is 30.3 Å². The van der Waals surface area contributed by atoms with Crippen molar-refractivity contribution in [2.24, 2.45) is 5.92 Å². The molecule has 0 aromatic heterocycles. The predicted octanol–water partition coefficient (Wildman–Crippen LogP) is 3.12. The summed E-state index contributed by atoms with van der Waals surface area (Å²) in [4.78, 5) is 12.0. The second-order valence-electron chi connectivity index (χ2n) is 4.59. The van der Waals surface area contributed by atoms with Crippen LogP contribution in [0.5, 0.6) is 0 Å². The highest BCUT2D eigenvalue weighted by atomic mass is 79.9. The number of carbonyl (C=O) groups is 1. The van der Waals surface area contributed by atoms with E-state index in [1.165, 1.54) is 0 Å². The molecule has 18 heavy (non-hydrogen) atoms. The molecule has 3 nitrogen and oxygen atoms in total. The maximum absolute atomic E-state index is 12.0. The molecule has 0 spiro atoms. The molecule has 0 aliphatic heterocycles. The van der Waals surface area contributed by atoms with E-state index in [0.29, 0.717) is 17.2 Å². The zero-order chi connectivity index (χ0) is 13.0. The molecular weight excluding hydrogens is 292 g/mol. The minimum absolute atomic E-state index is 0.0884. The van der Waals surface area contributed by atoms with Crippen LogP contribution in [0.3, 0.4) is 0 Å². The van der Waals surface area contributed by atoms with E-state index in [4.69, 9.17) is 5.73 Å². The quantitative estimate of drug-likeness (QED) is 0.666. The van der Waals surface area contributed by atoms with Gasteiger partial charge in [-0.05, 0) is 43.4 Å². The predicted molar refractivity (Wildman–Crippen MR) is 77.4 cm³/mol. The number of rotatable bonds is 3. The van der Waals surface area contributed by atoms with Crippen molar-refractivity contribution >= 4 is 27.5 Å². The molecule has 1 atom stereocenters. The molecule has 96 valence electrons. The maximum Gasteiger partial charge on any atom is 0.253 e. The lowest BCUT2D eigenvalue weighted by Gasteiger charge is -2.18. The second-order valence-corrected chi connectivity index (χ2v) is 5.51. The maximum atomic E-state index is 12.0. The van der Waals surface area contributed by atoms with Gasteiger partial charge in [0.2, 0.25) is 0 Å². The van der Waals surface area contributed by atoms with Crippen molar-refractivity contribution in [1.82, 2.24) is 5.32 Å².